The molecule has 0 saturated carbocycles. The molecule has 0 fully saturated rings. The Morgan fingerprint density at radius 2 is 1.80 bits per heavy atom. The zero-order valence-corrected chi connectivity index (χ0v) is 14.0. The number of likely N-dealkylation sites (N-methyl/N-ethyl adjacent to an activating group) is 2. The molecule has 1 aromatic heterocycles. The summed E-state index contributed by atoms with van der Waals surface area (Å²) in [5.74, 6) is 0. The number of nitrogens with zero attached hydrogens (tertiary/aromatic N) is 2. The summed E-state index contributed by atoms with van der Waals surface area (Å²) in [6.45, 7) is 13.5. The van der Waals surface area contributed by atoms with Crippen molar-refractivity contribution in [2.45, 2.75) is 59.0 Å². The number of rotatable bonds is 8. The third-order valence-electron chi connectivity index (χ3n) is 4.83. The van der Waals surface area contributed by atoms with Gasteiger partial charge in [-0.25, -0.2) is 0 Å². The van der Waals surface area contributed by atoms with Crippen LogP contribution < -0.4 is 5.32 Å². The topological polar surface area (TPSA) is 28.2 Å². The molecule has 0 spiro atoms. The summed E-state index contributed by atoms with van der Waals surface area (Å²) < 4.78 is 0. The number of hydrogen-bond donors (Lipinski definition) is 1. The molecule has 0 saturated heterocycles. The molecule has 3 heteroatoms. The third kappa shape index (κ3) is 3.04. The van der Waals surface area contributed by atoms with Crippen LogP contribution in [-0.4, -0.2) is 35.6 Å². The van der Waals surface area contributed by atoms with Gasteiger partial charge < -0.3 is 5.32 Å². The normalized spacial score (nSPS) is 13.8. The maximum absolute atomic E-state index is 4.35. The summed E-state index contributed by atoms with van der Waals surface area (Å²) in [6.07, 6.45) is 6.17. The number of aryl methyl sites for hydroxylation is 1. The van der Waals surface area contributed by atoms with E-state index in [2.05, 4.69) is 62.9 Å². The summed E-state index contributed by atoms with van der Waals surface area (Å²) in [5, 5.41) is 3.57. The monoisotopic (exact) mass is 277 g/mol. The Labute approximate surface area is 124 Å². The minimum atomic E-state index is 0.145. The number of nitrogens with one attached hydrogen (secondary N) is 1. The first kappa shape index (κ1) is 17.1. The molecular formula is C17H31N3. The number of aromatic nitrogens is 1. The van der Waals surface area contributed by atoms with Gasteiger partial charge in [0.1, 0.15) is 0 Å². The van der Waals surface area contributed by atoms with E-state index in [-0.39, 0.29) is 5.54 Å². The highest BCUT2D eigenvalue weighted by atomic mass is 15.2. The van der Waals surface area contributed by atoms with E-state index in [1.54, 1.807) is 0 Å². The average molecular weight is 277 g/mol. The van der Waals surface area contributed by atoms with Crippen molar-refractivity contribution in [1.29, 1.82) is 0 Å². The standard InChI is InChI=1S/C17H31N3/c1-7-17(8-2,20(9-3)10-4)16(18-6)15-13-19-12-11-14(15)5/h11-13,16,18H,7-10H2,1-6H3. The first-order chi connectivity index (χ1) is 9.61. The van der Waals surface area contributed by atoms with Gasteiger partial charge in [-0.05, 0) is 57.1 Å². The molecule has 1 unspecified atom stereocenters. The molecule has 0 aromatic carbocycles. The van der Waals surface area contributed by atoms with Crippen molar-refractivity contribution in [3.8, 4) is 0 Å². The molecule has 0 aliphatic carbocycles. The van der Waals surface area contributed by atoms with Gasteiger partial charge in [-0.2, -0.15) is 0 Å². The Bertz CT molecular complexity index is 395. The van der Waals surface area contributed by atoms with E-state index in [9.17, 15) is 0 Å². The second-order valence-corrected chi connectivity index (χ2v) is 5.44. The van der Waals surface area contributed by atoms with Gasteiger partial charge in [-0.1, -0.05) is 27.7 Å². The molecule has 114 valence electrons. The highest BCUT2D eigenvalue weighted by Crippen LogP contribution is 2.37. The second kappa shape index (κ2) is 7.75. The molecule has 1 rings (SSSR count). The van der Waals surface area contributed by atoms with Gasteiger partial charge in [0.2, 0.25) is 0 Å². The Kier molecular flexibility index (Phi) is 6.63. The predicted octanol–water partition coefficient (Wildman–Crippen LogP) is 3.55. The zero-order chi connectivity index (χ0) is 15.2. The largest absolute Gasteiger partial charge is 0.311 e. The first-order valence-electron chi connectivity index (χ1n) is 7.93. The van der Waals surface area contributed by atoms with Gasteiger partial charge >= 0.3 is 0 Å². The van der Waals surface area contributed by atoms with Crippen LogP contribution in [0, 0.1) is 6.92 Å². The molecule has 1 atom stereocenters. The minimum Gasteiger partial charge on any atom is -0.311 e. The maximum atomic E-state index is 4.35. The zero-order valence-electron chi connectivity index (χ0n) is 14.0. The van der Waals surface area contributed by atoms with Crippen molar-refractivity contribution >= 4 is 0 Å². The molecule has 0 bridgehead atoms. The molecule has 0 aliphatic rings. The van der Waals surface area contributed by atoms with Gasteiger partial charge in [0.15, 0.2) is 0 Å². The Morgan fingerprint density at radius 1 is 1.20 bits per heavy atom. The Hall–Kier alpha value is -0.930. The summed E-state index contributed by atoms with van der Waals surface area (Å²) in [5.41, 5.74) is 2.79. The third-order valence-corrected chi connectivity index (χ3v) is 4.83. The fourth-order valence-corrected chi connectivity index (χ4v) is 3.63. The molecule has 1 aromatic rings. The molecule has 1 N–H and O–H groups in total. The number of hydrogen-bond acceptors (Lipinski definition) is 3. The highest BCUT2D eigenvalue weighted by molar-refractivity contribution is 5.28. The Balaban J connectivity index is 3.32. The predicted molar refractivity (Wildman–Crippen MR) is 87.0 cm³/mol. The van der Waals surface area contributed by atoms with Crippen molar-refractivity contribution in [3.63, 3.8) is 0 Å². The lowest BCUT2D eigenvalue weighted by atomic mass is 9.78. The van der Waals surface area contributed by atoms with Crippen LogP contribution in [0.4, 0.5) is 0 Å². The quantitative estimate of drug-likeness (QED) is 0.787. The van der Waals surface area contributed by atoms with E-state index in [1.165, 1.54) is 11.1 Å². The van der Waals surface area contributed by atoms with Crippen LogP contribution in [0.3, 0.4) is 0 Å². The minimum absolute atomic E-state index is 0.145. The van der Waals surface area contributed by atoms with Crippen molar-refractivity contribution in [2.75, 3.05) is 20.1 Å². The molecular weight excluding hydrogens is 246 g/mol. The fraction of sp³-hybridized carbons (Fsp3) is 0.706. The first-order valence-corrected chi connectivity index (χ1v) is 7.93. The fourth-order valence-electron chi connectivity index (χ4n) is 3.63. The lowest BCUT2D eigenvalue weighted by Gasteiger charge is -2.48. The van der Waals surface area contributed by atoms with Crippen LogP contribution in [0.15, 0.2) is 18.5 Å². The van der Waals surface area contributed by atoms with E-state index in [4.69, 9.17) is 0 Å². The van der Waals surface area contributed by atoms with E-state index < -0.39 is 0 Å². The van der Waals surface area contributed by atoms with Gasteiger partial charge in [-0.15, -0.1) is 0 Å². The maximum Gasteiger partial charge on any atom is 0.0522 e. The smallest absolute Gasteiger partial charge is 0.0522 e. The van der Waals surface area contributed by atoms with E-state index in [0.29, 0.717) is 6.04 Å². The molecule has 0 amide bonds. The van der Waals surface area contributed by atoms with Crippen LogP contribution in [-0.2, 0) is 0 Å². The second-order valence-electron chi connectivity index (χ2n) is 5.44. The SMILES string of the molecule is CCN(CC)C(CC)(CC)C(NC)c1cnccc1C. The molecule has 0 aliphatic heterocycles. The highest BCUT2D eigenvalue weighted by Gasteiger charge is 2.40. The van der Waals surface area contributed by atoms with Gasteiger partial charge in [0.25, 0.3) is 0 Å². The van der Waals surface area contributed by atoms with E-state index in [0.717, 1.165) is 25.9 Å². The Morgan fingerprint density at radius 3 is 2.20 bits per heavy atom. The molecule has 20 heavy (non-hydrogen) atoms. The van der Waals surface area contributed by atoms with Crippen molar-refractivity contribution in [1.82, 2.24) is 15.2 Å². The van der Waals surface area contributed by atoms with Crippen molar-refractivity contribution in [2.24, 2.45) is 0 Å². The summed E-state index contributed by atoms with van der Waals surface area (Å²) in [4.78, 5) is 6.95. The van der Waals surface area contributed by atoms with Crippen LogP contribution in [0.2, 0.25) is 0 Å². The van der Waals surface area contributed by atoms with Crippen molar-refractivity contribution < 1.29 is 0 Å². The van der Waals surface area contributed by atoms with Crippen LogP contribution in [0.1, 0.15) is 57.7 Å². The van der Waals surface area contributed by atoms with Crippen LogP contribution in [0.25, 0.3) is 0 Å². The number of pyridine rings is 1. The van der Waals surface area contributed by atoms with Gasteiger partial charge in [0.05, 0.1) is 6.04 Å². The molecule has 3 nitrogen and oxygen atoms in total. The van der Waals surface area contributed by atoms with Crippen LogP contribution in [0.5, 0.6) is 0 Å². The molecule has 1 heterocycles. The van der Waals surface area contributed by atoms with E-state index >= 15 is 0 Å². The lowest BCUT2D eigenvalue weighted by molar-refractivity contribution is 0.0511. The van der Waals surface area contributed by atoms with Crippen molar-refractivity contribution in [3.05, 3.63) is 29.6 Å². The van der Waals surface area contributed by atoms with Gasteiger partial charge in [-0.3, -0.25) is 9.88 Å². The van der Waals surface area contributed by atoms with Crippen LogP contribution >= 0.6 is 0 Å². The summed E-state index contributed by atoms with van der Waals surface area (Å²) in [7, 11) is 2.07. The summed E-state index contributed by atoms with van der Waals surface area (Å²) in [6, 6.07) is 2.42. The molecule has 0 radical (unpaired) electrons. The van der Waals surface area contributed by atoms with E-state index in [1.807, 2.05) is 12.4 Å². The lowest BCUT2D eigenvalue weighted by Crippen LogP contribution is -2.55. The average Bonchev–Trinajstić information content (AvgIpc) is 2.49. The summed E-state index contributed by atoms with van der Waals surface area (Å²) >= 11 is 0. The van der Waals surface area contributed by atoms with Gasteiger partial charge in [0, 0.05) is 17.9 Å².